The van der Waals surface area contributed by atoms with Crippen LogP contribution in [0, 0.1) is 29.1 Å². The Hall–Kier alpha value is -2.09. The largest absolute Gasteiger partial charge is 0.416 e. The number of benzene rings is 1. The average molecular weight is 490 g/mol. The first kappa shape index (κ1) is 27.5. The van der Waals surface area contributed by atoms with Gasteiger partial charge in [0.05, 0.1) is 5.56 Å². The van der Waals surface area contributed by atoms with E-state index in [4.69, 9.17) is 5.26 Å². The lowest BCUT2D eigenvalue weighted by Gasteiger charge is -2.30. The van der Waals surface area contributed by atoms with Crippen LogP contribution in [-0.2, 0) is 6.18 Å². The first-order valence-electron chi connectivity index (χ1n) is 13.4. The van der Waals surface area contributed by atoms with Crippen molar-refractivity contribution in [3.63, 3.8) is 0 Å². The second kappa shape index (κ2) is 13.9. The van der Waals surface area contributed by atoms with E-state index in [1.807, 2.05) is 6.08 Å². The molecule has 1 aromatic carbocycles. The molecule has 192 valence electrons. The van der Waals surface area contributed by atoms with Crippen molar-refractivity contribution in [1.29, 1.82) is 5.26 Å². The van der Waals surface area contributed by atoms with Crippen LogP contribution in [0.4, 0.5) is 17.6 Å². The molecule has 0 amide bonds. The SMILES string of the molecule is N#CC(F)=CC=CCC[C@H]1CC[C@H](CCCC[C@H]2CC[C@H](c3ccc(C(F)(F)F)cc3)CC2)CC1. The standard InChI is InChI=1S/C30H39F4N/c31-29(22-35)9-3-1-2-6-23-10-12-24(13-11-23)7-4-5-8-25-14-16-26(17-15-25)27-18-20-28(21-19-27)30(32,33)34/h1,3,9,18-21,23-26H,2,4-8,10-17H2/t23-,24-,25-,26-. The number of rotatable bonds is 10. The molecule has 0 bridgehead atoms. The molecule has 2 fully saturated rings. The molecule has 0 heterocycles. The van der Waals surface area contributed by atoms with E-state index in [2.05, 4.69) is 0 Å². The number of allylic oxidation sites excluding steroid dienone is 4. The molecular formula is C30H39F4N. The Kier molecular flexibility index (Phi) is 10.9. The Labute approximate surface area is 208 Å². The maximum absolute atomic E-state index is 12.8. The zero-order valence-electron chi connectivity index (χ0n) is 20.7. The van der Waals surface area contributed by atoms with Crippen LogP contribution in [0.1, 0.15) is 107 Å². The predicted octanol–water partition coefficient (Wildman–Crippen LogP) is 10.1. The highest BCUT2D eigenvalue weighted by Crippen LogP contribution is 2.39. The van der Waals surface area contributed by atoms with Crippen molar-refractivity contribution in [3.8, 4) is 6.07 Å². The van der Waals surface area contributed by atoms with Gasteiger partial charge in [0.2, 0.25) is 0 Å². The van der Waals surface area contributed by atoms with Gasteiger partial charge in [0.25, 0.3) is 0 Å². The summed E-state index contributed by atoms with van der Waals surface area (Å²) < 4.78 is 51.1. The zero-order valence-corrected chi connectivity index (χ0v) is 20.7. The average Bonchev–Trinajstić information content (AvgIpc) is 2.87. The molecule has 1 nitrogen and oxygen atoms in total. The van der Waals surface area contributed by atoms with E-state index in [1.165, 1.54) is 88.5 Å². The number of unbranched alkanes of at least 4 members (excludes halogenated alkanes) is 1. The van der Waals surface area contributed by atoms with Gasteiger partial charge in [0.15, 0.2) is 5.83 Å². The molecule has 0 unspecified atom stereocenters. The van der Waals surface area contributed by atoms with E-state index in [9.17, 15) is 17.6 Å². The summed E-state index contributed by atoms with van der Waals surface area (Å²) in [6.45, 7) is 0. The van der Waals surface area contributed by atoms with Crippen molar-refractivity contribution >= 4 is 0 Å². The lowest BCUT2D eigenvalue weighted by molar-refractivity contribution is -0.137. The van der Waals surface area contributed by atoms with Gasteiger partial charge in [-0.1, -0.05) is 75.7 Å². The van der Waals surface area contributed by atoms with Crippen molar-refractivity contribution in [3.05, 3.63) is 59.4 Å². The molecule has 3 rings (SSSR count). The molecule has 2 aliphatic carbocycles. The Morgan fingerprint density at radius 1 is 0.829 bits per heavy atom. The van der Waals surface area contributed by atoms with Crippen LogP contribution in [-0.4, -0.2) is 0 Å². The van der Waals surface area contributed by atoms with E-state index in [1.54, 1.807) is 18.2 Å². The molecule has 5 heteroatoms. The highest BCUT2D eigenvalue weighted by molar-refractivity contribution is 5.27. The number of nitrogens with zero attached hydrogens (tertiary/aromatic N) is 1. The summed E-state index contributed by atoms with van der Waals surface area (Å²) in [7, 11) is 0. The highest BCUT2D eigenvalue weighted by Gasteiger charge is 2.30. The lowest BCUT2D eigenvalue weighted by atomic mass is 9.76. The van der Waals surface area contributed by atoms with Gasteiger partial charge < -0.3 is 0 Å². The van der Waals surface area contributed by atoms with Gasteiger partial charge in [0, 0.05) is 0 Å². The van der Waals surface area contributed by atoms with Gasteiger partial charge in [-0.3, -0.25) is 0 Å². The van der Waals surface area contributed by atoms with E-state index >= 15 is 0 Å². The molecule has 2 saturated carbocycles. The van der Waals surface area contributed by atoms with Crippen molar-refractivity contribution in [2.45, 2.75) is 102 Å². The Balaban J connectivity index is 1.23. The molecule has 1 aromatic rings. The van der Waals surface area contributed by atoms with Crippen molar-refractivity contribution in [1.82, 2.24) is 0 Å². The van der Waals surface area contributed by atoms with Crippen molar-refractivity contribution in [2.75, 3.05) is 0 Å². The molecule has 0 spiro atoms. The number of hydrogen-bond acceptors (Lipinski definition) is 1. The van der Waals surface area contributed by atoms with Crippen LogP contribution < -0.4 is 0 Å². The summed E-state index contributed by atoms with van der Waals surface area (Å²) in [5, 5.41) is 8.38. The first-order valence-corrected chi connectivity index (χ1v) is 13.4. The van der Waals surface area contributed by atoms with Crippen LogP contribution >= 0.6 is 0 Å². The highest BCUT2D eigenvalue weighted by atomic mass is 19.4. The van der Waals surface area contributed by atoms with Crippen LogP contribution in [0.3, 0.4) is 0 Å². The molecule has 35 heavy (non-hydrogen) atoms. The number of halogens is 4. The van der Waals surface area contributed by atoms with E-state index in [-0.39, 0.29) is 0 Å². The zero-order chi connectivity index (χ0) is 25.1. The van der Waals surface area contributed by atoms with Crippen LogP contribution in [0.5, 0.6) is 0 Å². The minimum atomic E-state index is -4.26. The van der Waals surface area contributed by atoms with E-state index in [0.717, 1.165) is 49.0 Å². The van der Waals surface area contributed by atoms with E-state index < -0.39 is 17.6 Å². The van der Waals surface area contributed by atoms with Gasteiger partial charge >= 0.3 is 6.18 Å². The smallest absolute Gasteiger partial charge is 0.195 e. The third kappa shape index (κ3) is 9.47. The monoisotopic (exact) mass is 489 g/mol. The second-order valence-corrected chi connectivity index (χ2v) is 10.6. The Morgan fingerprint density at radius 3 is 1.86 bits per heavy atom. The molecule has 0 atom stereocenters. The first-order chi connectivity index (χ1) is 16.8. The summed E-state index contributed by atoms with van der Waals surface area (Å²) in [5.74, 6) is 2.09. The summed E-state index contributed by atoms with van der Waals surface area (Å²) >= 11 is 0. The number of hydrogen-bond donors (Lipinski definition) is 0. The quantitative estimate of drug-likeness (QED) is 0.139. The minimum Gasteiger partial charge on any atom is -0.195 e. The number of alkyl halides is 3. The topological polar surface area (TPSA) is 23.8 Å². The fourth-order valence-electron chi connectivity index (χ4n) is 6.02. The van der Waals surface area contributed by atoms with E-state index in [0.29, 0.717) is 5.92 Å². The van der Waals surface area contributed by atoms with Gasteiger partial charge in [0.1, 0.15) is 6.07 Å². The molecular weight excluding hydrogens is 450 g/mol. The Morgan fingerprint density at radius 2 is 1.34 bits per heavy atom. The molecule has 0 N–H and O–H groups in total. The van der Waals surface area contributed by atoms with Crippen LogP contribution in [0.2, 0.25) is 0 Å². The summed E-state index contributed by atoms with van der Waals surface area (Å²) in [4.78, 5) is 0. The molecule has 0 radical (unpaired) electrons. The van der Waals surface area contributed by atoms with Crippen LogP contribution in [0.25, 0.3) is 0 Å². The van der Waals surface area contributed by atoms with Gasteiger partial charge in [-0.25, -0.2) is 0 Å². The van der Waals surface area contributed by atoms with Crippen LogP contribution in [0.15, 0.2) is 48.3 Å². The van der Waals surface area contributed by atoms with Crippen molar-refractivity contribution in [2.24, 2.45) is 17.8 Å². The predicted molar refractivity (Wildman–Crippen MR) is 133 cm³/mol. The molecule has 0 aromatic heterocycles. The molecule has 0 aliphatic heterocycles. The lowest BCUT2D eigenvalue weighted by Crippen LogP contribution is -2.15. The number of nitriles is 1. The summed E-state index contributed by atoms with van der Waals surface area (Å²) in [5.41, 5.74) is 0.507. The third-order valence-corrected chi connectivity index (χ3v) is 8.22. The fourth-order valence-corrected chi connectivity index (χ4v) is 6.02. The summed E-state index contributed by atoms with van der Waals surface area (Å²) in [6.07, 6.45) is 17.8. The second-order valence-electron chi connectivity index (χ2n) is 10.6. The summed E-state index contributed by atoms with van der Waals surface area (Å²) in [6, 6.07) is 7.28. The minimum absolute atomic E-state index is 0.411. The Bertz CT molecular complexity index is 846. The molecule has 0 saturated heterocycles. The van der Waals surface area contributed by atoms with Gasteiger partial charge in [-0.2, -0.15) is 22.8 Å². The van der Waals surface area contributed by atoms with Gasteiger partial charge in [-0.15, -0.1) is 0 Å². The normalized spacial score (nSPS) is 26.1. The maximum atomic E-state index is 12.8. The maximum Gasteiger partial charge on any atom is 0.416 e. The third-order valence-electron chi connectivity index (χ3n) is 8.22. The van der Waals surface area contributed by atoms with Crippen molar-refractivity contribution < 1.29 is 17.6 Å². The fraction of sp³-hybridized carbons (Fsp3) is 0.633. The van der Waals surface area contributed by atoms with Gasteiger partial charge in [-0.05, 0) is 86.0 Å². The molecule has 2 aliphatic rings.